The van der Waals surface area contributed by atoms with Gasteiger partial charge < -0.3 is 5.11 Å². The molecule has 2 aromatic rings. The average molecular weight is 364 g/mol. The lowest BCUT2D eigenvalue weighted by atomic mass is 9.53. The third kappa shape index (κ3) is 1.86. The number of H-pyrrole nitrogens is 1. The zero-order chi connectivity index (χ0) is 18.3. The molecule has 5 atom stereocenters. The molecule has 3 nitrogen and oxygen atoms in total. The van der Waals surface area contributed by atoms with E-state index in [9.17, 15) is 18.3 Å². The Hall–Kier alpha value is -1.56. The molecular weight excluding hydrogens is 341 g/mol. The van der Waals surface area contributed by atoms with Crippen LogP contribution in [-0.2, 0) is 6.42 Å². The maximum Gasteiger partial charge on any atom is 0.417 e. The van der Waals surface area contributed by atoms with Crippen LogP contribution in [0.5, 0.6) is 0 Å². The highest BCUT2D eigenvalue weighted by molar-refractivity contribution is 5.83. The molecule has 0 amide bonds. The van der Waals surface area contributed by atoms with Crippen molar-refractivity contribution >= 4 is 10.9 Å². The van der Waals surface area contributed by atoms with Crippen LogP contribution in [0, 0.1) is 17.3 Å². The van der Waals surface area contributed by atoms with Gasteiger partial charge in [-0.3, -0.25) is 5.10 Å². The number of rotatable bonds is 0. The van der Waals surface area contributed by atoms with E-state index in [-0.39, 0.29) is 18.3 Å². The molecule has 0 saturated heterocycles. The number of aromatic amines is 1. The fraction of sp³-hybridized carbons (Fsp3) is 0.650. The minimum Gasteiger partial charge on any atom is -0.380 e. The Morgan fingerprint density at radius 2 is 2.00 bits per heavy atom. The number of alkyl halides is 3. The molecule has 0 radical (unpaired) electrons. The van der Waals surface area contributed by atoms with Crippen molar-refractivity contribution in [3.8, 4) is 0 Å². The van der Waals surface area contributed by atoms with Crippen LogP contribution in [-0.4, -0.2) is 27.1 Å². The van der Waals surface area contributed by atoms with Crippen molar-refractivity contribution in [2.24, 2.45) is 17.3 Å². The fourth-order valence-corrected chi connectivity index (χ4v) is 6.59. The zero-order valence-electron chi connectivity index (χ0n) is 14.7. The van der Waals surface area contributed by atoms with Gasteiger partial charge in [0.15, 0.2) is 5.60 Å². The van der Waals surface area contributed by atoms with Crippen LogP contribution in [0.3, 0.4) is 0 Å². The Bertz CT molecular complexity index is 876. The van der Waals surface area contributed by atoms with E-state index in [0.717, 1.165) is 23.7 Å². The SMILES string of the molecule is CC12CCC3c4ccc5[nH]ncc5c4CCC3C1CCC2(O)C(F)(F)F. The number of nitrogens with one attached hydrogen (secondary N) is 1. The number of hydrogen-bond donors (Lipinski definition) is 2. The first-order valence-electron chi connectivity index (χ1n) is 9.50. The van der Waals surface area contributed by atoms with E-state index in [1.165, 1.54) is 11.1 Å². The van der Waals surface area contributed by atoms with Crippen LogP contribution in [0.2, 0.25) is 0 Å². The quantitative estimate of drug-likeness (QED) is 0.711. The Morgan fingerprint density at radius 3 is 2.77 bits per heavy atom. The van der Waals surface area contributed by atoms with Gasteiger partial charge in [-0.2, -0.15) is 18.3 Å². The van der Waals surface area contributed by atoms with Gasteiger partial charge in [0.2, 0.25) is 0 Å². The summed E-state index contributed by atoms with van der Waals surface area (Å²) in [6.07, 6.45) is 0.536. The lowest BCUT2D eigenvalue weighted by Gasteiger charge is -2.53. The summed E-state index contributed by atoms with van der Waals surface area (Å²) in [5.74, 6) is 0.453. The zero-order valence-corrected chi connectivity index (χ0v) is 14.7. The Labute approximate surface area is 150 Å². The minimum atomic E-state index is -4.56. The van der Waals surface area contributed by atoms with Gasteiger partial charge in [-0.05, 0) is 73.5 Å². The number of benzene rings is 1. The molecule has 3 aliphatic carbocycles. The molecule has 6 heteroatoms. The Morgan fingerprint density at radius 1 is 1.19 bits per heavy atom. The summed E-state index contributed by atoms with van der Waals surface area (Å²) in [5, 5.41) is 18.9. The molecule has 2 fully saturated rings. The molecule has 26 heavy (non-hydrogen) atoms. The van der Waals surface area contributed by atoms with Crippen LogP contribution < -0.4 is 0 Å². The first-order valence-corrected chi connectivity index (χ1v) is 9.50. The first kappa shape index (κ1) is 16.6. The molecule has 5 rings (SSSR count). The third-order valence-electron chi connectivity index (χ3n) is 7.96. The summed E-state index contributed by atoms with van der Waals surface area (Å²) >= 11 is 0. The van der Waals surface area contributed by atoms with Gasteiger partial charge in [0, 0.05) is 10.8 Å². The Kier molecular flexibility index (Phi) is 3.21. The van der Waals surface area contributed by atoms with Gasteiger partial charge in [0.25, 0.3) is 0 Å². The van der Waals surface area contributed by atoms with Crippen LogP contribution in [0.1, 0.15) is 56.1 Å². The molecule has 0 aliphatic heterocycles. The lowest BCUT2D eigenvalue weighted by Crippen LogP contribution is -2.58. The third-order valence-corrected chi connectivity index (χ3v) is 7.96. The van der Waals surface area contributed by atoms with Gasteiger partial charge in [-0.15, -0.1) is 0 Å². The monoisotopic (exact) mass is 364 g/mol. The molecule has 2 N–H and O–H groups in total. The van der Waals surface area contributed by atoms with Gasteiger partial charge >= 0.3 is 6.18 Å². The fourth-order valence-electron chi connectivity index (χ4n) is 6.59. The number of hydrogen-bond acceptors (Lipinski definition) is 2. The average Bonchev–Trinajstić information content (AvgIpc) is 3.17. The summed E-state index contributed by atoms with van der Waals surface area (Å²) < 4.78 is 41.1. The second kappa shape index (κ2) is 5.03. The van der Waals surface area contributed by atoms with E-state index < -0.39 is 17.2 Å². The van der Waals surface area contributed by atoms with E-state index in [2.05, 4.69) is 16.3 Å². The van der Waals surface area contributed by atoms with E-state index in [1.54, 1.807) is 6.92 Å². The smallest absolute Gasteiger partial charge is 0.380 e. The summed E-state index contributed by atoms with van der Waals surface area (Å²) in [5.41, 5.74) is 0.0219. The van der Waals surface area contributed by atoms with Crippen LogP contribution in [0.15, 0.2) is 18.3 Å². The lowest BCUT2D eigenvalue weighted by molar-refractivity contribution is -0.300. The Balaban J connectivity index is 1.56. The van der Waals surface area contributed by atoms with Gasteiger partial charge in [0.1, 0.15) is 0 Å². The van der Waals surface area contributed by atoms with Gasteiger partial charge in [-0.1, -0.05) is 13.0 Å². The number of aryl methyl sites for hydroxylation is 1. The standard InChI is InChI=1S/C20H23F3N2O/c1-18-8-6-13-11-4-5-17-15(10-24-25-17)12(11)2-3-14(13)16(18)7-9-19(18,26)20(21,22)23/h4-5,10,13-14,16,26H,2-3,6-9H2,1H3,(H,24,25). The summed E-state index contributed by atoms with van der Waals surface area (Å²) in [6.45, 7) is 1.68. The molecular formula is C20H23F3N2O. The highest BCUT2D eigenvalue weighted by Crippen LogP contribution is 2.67. The van der Waals surface area contributed by atoms with Crippen LogP contribution in [0.4, 0.5) is 13.2 Å². The molecule has 1 aromatic heterocycles. The van der Waals surface area contributed by atoms with Crippen LogP contribution >= 0.6 is 0 Å². The molecule has 5 unspecified atom stereocenters. The molecule has 3 aliphatic rings. The highest BCUT2D eigenvalue weighted by atomic mass is 19.4. The van der Waals surface area contributed by atoms with Crippen molar-refractivity contribution in [1.82, 2.24) is 10.2 Å². The molecule has 0 bridgehead atoms. The first-order chi connectivity index (χ1) is 12.3. The van der Waals surface area contributed by atoms with E-state index in [0.29, 0.717) is 25.2 Å². The molecule has 1 heterocycles. The molecule has 2 saturated carbocycles. The van der Waals surface area contributed by atoms with E-state index in [4.69, 9.17) is 0 Å². The van der Waals surface area contributed by atoms with Crippen LogP contribution in [0.25, 0.3) is 10.9 Å². The predicted molar refractivity (Wildman–Crippen MR) is 91.7 cm³/mol. The summed E-state index contributed by atoms with van der Waals surface area (Å²) in [4.78, 5) is 0. The minimum absolute atomic E-state index is 0.0685. The van der Waals surface area contributed by atoms with Gasteiger partial charge in [-0.25, -0.2) is 0 Å². The largest absolute Gasteiger partial charge is 0.417 e. The maximum absolute atomic E-state index is 13.7. The molecule has 140 valence electrons. The van der Waals surface area contributed by atoms with Crippen molar-refractivity contribution < 1.29 is 18.3 Å². The van der Waals surface area contributed by atoms with Crippen molar-refractivity contribution in [2.45, 2.75) is 63.1 Å². The van der Waals surface area contributed by atoms with Crippen molar-refractivity contribution in [1.29, 1.82) is 0 Å². The van der Waals surface area contributed by atoms with Crippen molar-refractivity contribution in [3.63, 3.8) is 0 Å². The topological polar surface area (TPSA) is 48.9 Å². The van der Waals surface area contributed by atoms with E-state index in [1.807, 2.05) is 12.3 Å². The van der Waals surface area contributed by atoms with E-state index >= 15 is 0 Å². The number of nitrogens with zero attached hydrogens (tertiary/aromatic N) is 1. The number of fused-ring (bicyclic) bond motifs is 7. The maximum atomic E-state index is 13.7. The van der Waals surface area contributed by atoms with Crippen molar-refractivity contribution in [3.05, 3.63) is 29.5 Å². The summed E-state index contributed by atoms with van der Waals surface area (Å²) in [7, 11) is 0. The van der Waals surface area contributed by atoms with Crippen molar-refractivity contribution in [2.75, 3.05) is 0 Å². The second-order valence-electron chi connectivity index (χ2n) is 8.73. The van der Waals surface area contributed by atoms with Gasteiger partial charge in [0.05, 0.1) is 11.7 Å². The summed E-state index contributed by atoms with van der Waals surface area (Å²) in [6, 6.07) is 4.18. The predicted octanol–water partition coefficient (Wildman–Crippen LogP) is 4.71. The number of aromatic nitrogens is 2. The molecule has 1 aromatic carbocycles. The second-order valence-corrected chi connectivity index (χ2v) is 8.73. The normalized spacial score (nSPS) is 39.5. The number of halogens is 3. The molecule has 0 spiro atoms. The number of aliphatic hydroxyl groups is 1. The highest BCUT2D eigenvalue weighted by Gasteiger charge is 2.71.